The Morgan fingerprint density at radius 2 is 1.66 bits per heavy atom. The summed E-state index contributed by atoms with van der Waals surface area (Å²) in [4.78, 5) is 5.99. The second-order valence-electron chi connectivity index (χ2n) is 8.95. The maximum absolute atomic E-state index is 13.0. The normalized spacial score (nSPS) is 15.9. The molecule has 2 heterocycles. The van der Waals surface area contributed by atoms with E-state index in [2.05, 4.69) is 23.8 Å². The lowest BCUT2D eigenvalue weighted by Crippen LogP contribution is -2.40. The van der Waals surface area contributed by atoms with Crippen molar-refractivity contribution in [3.8, 4) is 28.5 Å². The Bertz CT molecular complexity index is 1380. The molecule has 2 aromatic carbocycles. The van der Waals surface area contributed by atoms with E-state index in [1.807, 2.05) is 12.1 Å². The predicted molar refractivity (Wildman–Crippen MR) is 148 cm³/mol. The minimum absolute atomic E-state index is 0.181. The predicted octanol–water partition coefficient (Wildman–Crippen LogP) is 4.86. The van der Waals surface area contributed by atoms with Crippen molar-refractivity contribution in [3.63, 3.8) is 0 Å². The van der Waals surface area contributed by atoms with Crippen molar-refractivity contribution in [1.29, 1.82) is 0 Å². The van der Waals surface area contributed by atoms with Crippen molar-refractivity contribution in [2.75, 3.05) is 47.6 Å². The van der Waals surface area contributed by atoms with E-state index < -0.39 is 10.0 Å². The molecule has 1 fully saturated rings. The number of morpholine rings is 1. The SMILES string of the molecule is CCCC(C)n1c(-c2cc(OC)c(OC)c(OC)c2)csc1=Nc1ccc(S(=O)(=O)N2CCOCC2)cc1. The van der Waals surface area contributed by atoms with Gasteiger partial charge in [-0.25, -0.2) is 13.4 Å². The average Bonchev–Trinajstić information content (AvgIpc) is 3.36. The molecule has 0 saturated carbocycles. The molecule has 0 spiro atoms. The summed E-state index contributed by atoms with van der Waals surface area (Å²) in [5, 5.41) is 2.07. The molecule has 0 radical (unpaired) electrons. The van der Waals surface area contributed by atoms with Crippen molar-refractivity contribution in [2.45, 2.75) is 37.6 Å². The highest BCUT2D eigenvalue weighted by Crippen LogP contribution is 2.41. The number of benzene rings is 2. The lowest BCUT2D eigenvalue weighted by Gasteiger charge is -2.26. The van der Waals surface area contributed by atoms with Crippen molar-refractivity contribution >= 4 is 27.0 Å². The summed E-state index contributed by atoms with van der Waals surface area (Å²) in [6.45, 7) is 5.89. The second kappa shape index (κ2) is 12.3. The number of ether oxygens (including phenoxy) is 4. The summed E-state index contributed by atoms with van der Waals surface area (Å²) in [5.74, 6) is 1.70. The molecule has 206 valence electrons. The summed E-state index contributed by atoms with van der Waals surface area (Å²) in [6.07, 6.45) is 1.99. The van der Waals surface area contributed by atoms with Crippen molar-refractivity contribution < 1.29 is 27.4 Å². The Morgan fingerprint density at radius 1 is 1.03 bits per heavy atom. The molecule has 9 nitrogen and oxygen atoms in total. The minimum Gasteiger partial charge on any atom is -0.493 e. The van der Waals surface area contributed by atoms with Crippen LogP contribution in [0.15, 0.2) is 51.7 Å². The van der Waals surface area contributed by atoms with Crippen LogP contribution < -0.4 is 19.0 Å². The maximum atomic E-state index is 13.0. The fraction of sp³-hybridized carbons (Fsp3) is 0.444. The zero-order valence-electron chi connectivity index (χ0n) is 22.5. The first-order valence-electron chi connectivity index (χ1n) is 12.6. The van der Waals surface area contributed by atoms with E-state index in [-0.39, 0.29) is 10.9 Å². The minimum atomic E-state index is -3.56. The number of nitrogens with zero attached hydrogens (tertiary/aromatic N) is 3. The molecule has 11 heteroatoms. The van der Waals surface area contributed by atoms with Crippen molar-refractivity contribution in [1.82, 2.24) is 8.87 Å². The summed E-state index contributed by atoms with van der Waals surface area (Å²) in [7, 11) is 1.24. The number of hydrogen-bond acceptors (Lipinski definition) is 8. The number of hydrogen-bond donors (Lipinski definition) is 0. The van der Waals surface area contributed by atoms with Crippen LogP contribution in [0.5, 0.6) is 17.2 Å². The fourth-order valence-electron chi connectivity index (χ4n) is 4.55. The molecule has 3 aromatic rings. The molecule has 0 amide bonds. The lowest BCUT2D eigenvalue weighted by atomic mass is 10.1. The monoisotopic (exact) mass is 561 g/mol. The van der Waals surface area contributed by atoms with Gasteiger partial charge in [0.1, 0.15) is 0 Å². The Balaban J connectivity index is 1.76. The van der Waals surface area contributed by atoms with Crippen LogP contribution in [-0.4, -0.2) is 64.9 Å². The number of methoxy groups -OCH3 is 3. The molecular weight excluding hydrogens is 526 g/mol. The van der Waals surface area contributed by atoms with Gasteiger partial charge in [-0.05, 0) is 49.7 Å². The lowest BCUT2D eigenvalue weighted by molar-refractivity contribution is 0.0730. The number of thiazole rings is 1. The molecule has 1 atom stereocenters. The highest BCUT2D eigenvalue weighted by molar-refractivity contribution is 7.89. The molecule has 38 heavy (non-hydrogen) atoms. The smallest absolute Gasteiger partial charge is 0.243 e. The van der Waals surface area contributed by atoms with E-state index in [1.165, 1.54) is 15.6 Å². The maximum Gasteiger partial charge on any atom is 0.243 e. The standard InChI is InChI=1S/C27H35N3O6S2/c1-6-7-19(2)30-23(20-16-24(33-3)26(35-5)25(17-20)34-4)18-37-27(30)28-21-8-10-22(11-9-21)38(31,32)29-12-14-36-15-13-29/h8-11,16-19H,6-7,12-15H2,1-5H3. The highest BCUT2D eigenvalue weighted by atomic mass is 32.2. The molecule has 1 unspecified atom stereocenters. The van der Waals surface area contributed by atoms with Crippen LogP contribution in [0.25, 0.3) is 11.3 Å². The molecule has 1 aromatic heterocycles. The second-order valence-corrected chi connectivity index (χ2v) is 11.7. The first-order valence-corrected chi connectivity index (χ1v) is 14.9. The van der Waals surface area contributed by atoms with Gasteiger partial charge >= 0.3 is 0 Å². The van der Waals surface area contributed by atoms with Crippen LogP contribution in [0, 0.1) is 0 Å². The van der Waals surface area contributed by atoms with E-state index in [9.17, 15) is 8.42 Å². The topological polar surface area (TPSA) is 91.6 Å². The van der Waals surface area contributed by atoms with E-state index in [1.54, 1.807) is 45.6 Å². The average molecular weight is 562 g/mol. The van der Waals surface area contributed by atoms with E-state index in [0.29, 0.717) is 49.2 Å². The van der Waals surface area contributed by atoms with E-state index >= 15 is 0 Å². The number of rotatable bonds is 10. The summed E-state index contributed by atoms with van der Waals surface area (Å²) in [6, 6.07) is 10.8. The van der Waals surface area contributed by atoms with Crippen LogP contribution in [0.2, 0.25) is 0 Å². The van der Waals surface area contributed by atoms with Gasteiger partial charge in [0.2, 0.25) is 15.8 Å². The van der Waals surface area contributed by atoms with Gasteiger partial charge in [0.05, 0.1) is 50.8 Å². The Hall–Kier alpha value is -2.86. The first kappa shape index (κ1) is 28.2. The summed E-state index contributed by atoms with van der Waals surface area (Å²) >= 11 is 1.53. The van der Waals surface area contributed by atoms with Gasteiger partial charge in [-0.2, -0.15) is 4.31 Å². The summed E-state index contributed by atoms with van der Waals surface area (Å²) < 4.78 is 51.6. The van der Waals surface area contributed by atoms with Gasteiger partial charge < -0.3 is 23.5 Å². The number of aromatic nitrogens is 1. The van der Waals surface area contributed by atoms with Crippen LogP contribution in [0.3, 0.4) is 0 Å². The van der Waals surface area contributed by atoms with Gasteiger partial charge in [-0.15, -0.1) is 11.3 Å². The molecule has 0 aliphatic carbocycles. The Kier molecular flexibility index (Phi) is 9.14. The zero-order valence-corrected chi connectivity index (χ0v) is 24.1. The third-order valence-corrected chi connectivity index (χ3v) is 9.27. The van der Waals surface area contributed by atoms with Gasteiger partial charge in [0, 0.05) is 30.1 Å². The van der Waals surface area contributed by atoms with E-state index in [0.717, 1.165) is 28.9 Å². The van der Waals surface area contributed by atoms with Crippen molar-refractivity contribution in [2.24, 2.45) is 4.99 Å². The van der Waals surface area contributed by atoms with Gasteiger partial charge in [0.15, 0.2) is 16.3 Å². The molecule has 0 N–H and O–H groups in total. The first-order chi connectivity index (χ1) is 18.3. The Morgan fingerprint density at radius 3 is 2.21 bits per heavy atom. The van der Waals surface area contributed by atoms with Crippen LogP contribution in [0.4, 0.5) is 5.69 Å². The fourth-order valence-corrected chi connectivity index (χ4v) is 6.98. The van der Waals surface area contributed by atoms with Gasteiger partial charge in [-0.1, -0.05) is 13.3 Å². The Labute approximate surface area is 228 Å². The number of sulfonamides is 1. The highest BCUT2D eigenvalue weighted by Gasteiger charge is 2.26. The van der Waals surface area contributed by atoms with Crippen LogP contribution in [-0.2, 0) is 14.8 Å². The van der Waals surface area contributed by atoms with E-state index in [4.69, 9.17) is 23.9 Å². The van der Waals surface area contributed by atoms with Crippen LogP contribution >= 0.6 is 11.3 Å². The van der Waals surface area contributed by atoms with Crippen LogP contribution in [0.1, 0.15) is 32.7 Å². The molecule has 1 aliphatic heterocycles. The third kappa shape index (κ3) is 5.75. The van der Waals surface area contributed by atoms with Crippen molar-refractivity contribution in [3.05, 3.63) is 46.6 Å². The molecule has 1 aliphatic rings. The molecule has 4 rings (SSSR count). The molecule has 1 saturated heterocycles. The molecule has 0 bridgehead atoms. The zero-order chi connectivity index (χ0) is 27.3. The van der Waals surface area contributed by atoms with Gasteiger partial charge in [0.25, 0.3) is 0 Å². The summed E-state index contributed by atoms with van der Waals surface area (Å²) in [5.41, 5.74) is 2.59. The largest absolute Gasteiger partial charge is 0.493 e. The molecular formula is C27H35N3O6S2. The third-order valence-electron chi connectivity index (χ3n) is 6.52. The quantitative estimate of drug-likeness (QED) is 0.351. The van der Waals surface area contributed by atoms with Gasteiger partial charge in [-0.3, -0.25) is 0 Å².